The summed E-state index contributed by atoms with van der Waals surface area (Å²) >= 11 is 0. The first kappa shape index (κ1) is 18.0. The highest BCUT2D eigenvalue weighted by Gasteiger charge is 2.45. The maximum Gasteiger partial charge on any atom is 0.314 e. The Labute approximate surface area is 140 Å². The fourth-order valence-electron chi connectivity index (χ4n) is 2.18. The smallest absolute Gasteiger partial charge is 0.314 e. The van der Waals surface area contributed by atoms with Crippen molar-refractivity contribution < 1.29 is 19.1 Å². The number of hydrogen-bond acceptors (Lipinski definition) is 8. The number of esters is 1. The lowest BCUT2D eigenvalue weighted by molar-refractivity contribution is -0.172. The zero-order chi connectivity index (χ0) is 18.0. The monoisotopic (exact) mass is 334 g/mol. The largest absolute Gasteiger partial charge is 0.460 e. The molecule has 3 N–H and O–H groups in total. The van der Waals surface area contributed by atoms with Gasteiger partial charge in [-0.1, -0.05) is 6.92 Å². The molecule has 8 nitrogen and oxygen atoms in total. The van der Waals surface area contributed by atoms with E-state index in [9.17, 15) is 9.90 Å². The van der Waals surface area contributed by atoms with Crippen LogP contribution < -0.4 is 5.73 Å². The number of aromatic nitrogens is 3. The maximum absolute atomic E-state index is 12.3. The fraction of sp³-hybridized carbons (Fsp3) is 0.500. The average Bonchev–Trinajstić information content (AvgIpc) is 2.97. The molecule has 24 heavy (non-hydrogen) atoms. The van der Waals surface area contributed by atoms with Gasteiger partial charge in [0, 0.05) is 18.0 Å². The van der Waals surface area contributed by atoms with Crippen LogP contribution in [0.1, 0.15) is 40.0 Å². The third kappa shape index (κ3) is 3.95. The van der Waals surface area contributed by atoms with E-state index in [1.807, 2.05) is 0 Å². The SMILES string of the molecule is CCC(C(=O)OC(C)(C)C)[C@](N)(O)c1nnc(-c2ccncc2)o1. The van der Waals surface area contributed by atoms with Crippen LogP contribution in [0.2, 0.25) is 0 Å². The first-order chi connectivity index (χ1) is 11.1. The minimum absolute atomic E-state index is 0.176. The molecule has 2 atom stereocenters. The van der Waals surface area contributed by atoms with Crippen LogP contribution in [-0.4, -0.2) is 31.9 Å². The van der Waals surface area contributed by atoms with Crippen molar-refractivity contribution >= 4 is 5.97 Å². The van der Waals surface area contributed by atoms with E-state index in [0.717, 1.165) is 0 Å². The zero-order valence-electron chi connectivity index (χ0n) is 14.2. The molecule has 0 amide bonds. The number of rotatable bonds is 5. The van der Waals surface area contributed by atoms with Gasteiger partial charge in [-0.3, -0.25) is 15.5 Å². The van der Waals surface area contributed by atoms with Crippen molar-refractivity contribution in [2.75, 3.05) is 0 Å². The highest BCUT2D eigenvalue weighted by molar-refractivity contribution is 5.74. The van der Waals surface area contributed by atoms with Crippen LogP contribution in [0.5, 0.6) is 0 Å². The molecule has 2 aromatic heterocycles. The molecule has 130 valence electrons. The summed E-state index contributed by atoms with van der Waals surface area (Å²) in [6.45, 7) is 6.93. The fourth-order valence-corrected chi connectivity index (χ4v) is 2.18. The van der Waals surface area contributed by atoms with Crippen LogP contribution in [0.25, 0.3) is 11.5 Å². The minimum atomic E-state index is -2.13. The molecule has 2 heterocycles. The second-order valence-corrected chi connectivity index (χ2v) is 6.47. The van der Waals surface area contributed by atoms with Gasteiger partial charge in [-0.05, 0) is 39.3 Å². The van der Waals surface area contributed by atoms with Crippen molar-refractivity contribution in [2.24, 2.45) is 11.7 Å². The van der Waals surface area contributed by atoms with Crippen molar-refractivity contribution in [1.82, 2.24) is 15.2 Å². The summed E-state index contributed by atoms with van der Waals surface area (Å²) in [6.07, 6.45) is 3.39. The topological polar surface area (TPSA) is 124 Å². The van der Waals surface area contributed by atoms with Crippen LogP contribution in [0.4, 0.5) is 0 Å². The van der Waals surface area contributed by atoms with Crippen molar-refractivity contribution in [2.45, 2.75) is 45.4 Å². The molecule has 0 aliphatic carbocycles. The second-order valence-electron chi connectivity index (χ2n) is 6.47. The molecule has 0 aromatic carbocycles. The average molecular weight is 334 g/mol. The Morgan fingerprint density at radius 3 is 2.50 bits per heavy atom. The number of carbonyl (C=O) groups excluding carboxylic acids is 1. The Morgan fingerprint density at radius 2 is 1.96 bits per heavy atom. The van der Waals surface area contributed by atoms with E-state index < -0.39 is 23.2 Å². The highest BCUT2D eigenvalue weighted by Crippen LogP contribution is 2.30. The predicted octanol–water partition coefficient (Wildman–Crippen LogP) is 1.60. The molecule has 0 radical (unpaired) electrons. The molecule has 2 aromatic rings. The summed E-state index contributed by atoms with van der Waals surface area (Å²) in [5.41, 5.74) is 3.75. The predicted molar refractivity (Wildman–Crippen MR) is 85.2 cm³/mol. The van der Waals surface area contributed by atoms with Gasteiger partial charge >= 0.3 is 5.97 Å². The van der Waals surface area contributed by atoms with Crippen molar-refractivity contribution in [1.29, 1.82) is 0 Å². The van der Waals surface area contributed by atoms with Gasteiger partial charge in [-0.2, -0.15) is 0 Å². The molecule has 0 aliphatic rings. The number of hydrogen-bond donors (Lipinski definition) is 2. The van der Waals surface area contributed by atoms with Crippen molar-refractivity contribution in [3.05, 3.63) is 30.4 Å². The Morgan fingerprint density at radius 1 is 1.33 bits per heavy atom. The van der Waals surface area contributed by atoms with Gasteiger partial charge in [-0.25, -0.2) is 0 Å². The molecule has 0 saturated carbocycles. The Kier molecular flexibility index (Phi) is 5.00. The lowest BCUT2D eigenvalue weighted by atomic mass is 9.93. The van der Waals surface area contributed by atoms with Gasteiger partial charge in [0.1, 0.15) is 11.5 Å². The van der Waals surface area contributed by atoms with E-state index in [4.69, 9.17) is 14.9 Å². The number of nitrogens with zero attached hydrogens (tertiary/aromatic N) is 3. The van der Waals surface area contributed by atoms with Crippen LogP contribution in [0, 0.1) is 5.92 Å². The van der Waals surface area contributed by atoms with Crippen molar-refractivity contribution in [3.8, 4) is 11.5 Å². The van der Waals surface area contributed by atoms with E-state index in [1.165, 1.54) is 0 Å². The molecule has 1 unspecified atom stereocenters. The number of ether oxygens (including phenoxy) is 1. The van der Waals surface area contributed by atoms with Crippen molar-refractivity contribution in [3.63, 3.8) is 0 Å². The van der Waals surface area contributed by atoms with Crippen LogP contribution in [0.3, 0.4) is 0 Å². The molecule has 0 aliphatic heterocycles. The Hall–Kier alpha value is -2.32. The van der Waals surface area contributed by atoms with Crippen LogP contribution in [-0.2, 0) is 15.3 Å². The van der Waals surface area contributed by atoms with E-state index in [2.05, 4.69) is 15.2 Å². The van der Waals surface area contributed by atoms with E-state index in [0.29, 0.717) is 5.56 Å². The lowest BCUT2D eigenvalue weighted by Gasteiger charge is -2.30. The first-order valence-electron chi connectivity index (χ1n) is 7.63. The number of aliphatic hydroxyl groups is 1. The van der Waals surface area contributed by atoms with Gasteiger partial charge in [0.2, 0.25) is 11.6 Å². The summed E-state index contributed by atoms with van der Waals surface area (Å²) in [5, 5.41) is 18.3. The summed E-state index contributed by atoms with van der Waals surface area (Å²) in [4.78, 5) is 16.2. The number of pyridine rings is 1. The molecular formula is C16H22N4O4. The lowest BCUT2D eigenvalue weighted by Crippen LogP contribution is -2.49. The summed E-state index contributed by atoms with van der Waals surface area (Å²) in [7, 11) is 0. The number of carbonyl (C=O) groups is 1. The van der Waals surface area contributed by atoms with Gasteiger partial charge in [0.25, 0.3) is 5.89 Å². The summed E-state index contributed by atoms with van der Waals surface area (Å²) in [6, 6.07) is 3.36. The minimum Gasteiger partial charge on any atom is -0.460 e. The third-order valence-electron chi connectivity index (χ3n) is 3.33. The Balaban J connectivity index is 2.28. The van der Waals surface area contributed by atoms with Gasteiger partial charge < -0.3 is 14.3 Å². The van der Waals surface area contributed by atoms with Crippen LogP contribution >= 0.6 is 0 Å². The highest BCUT2D eigenvalue weighted by atomic mass is 16.6. The second kappa shape index (κ2) is 6.66. The van der Waals surface area contributed by atoms with Gasteiger partial charge in [-0.15, -0.1) is 10.2 Å². The molecule has 0 fully saturated rings. The normalized spacial score (nSPS) is 15.6. The molecule has 2 rings (SSSR count). The number of nitrogens with two attached hydrogens (primary N) is 1. The zero-order valence-corrected chi connectivity index (χ0v) is 14.2. The first-order valence-corrected chi connectivity index (χ1v) is 7.63. The van der Waals surface area contributed by atoms with E-state index >= 15 is 0 Å². The van der Waals surface area contributed by atoms with Gasteiger partial charge in [0.15, 0.2) is 0 Å². The van der Waals surface area contributed by atoms with E-state index in [1.54, 1.807) is 52.2 Å². The maximum atomic E-state index is 12.3. The molecule has 0 spiro atoms. The molecule has 8 heteroatoms. The standard InChI is InChI=1S/C16H22N4O4/c1-5-11(13(21)24-15(2,3)4)16(17,22)14-20-19-12(23-14)10-6-8-18-9-7-10/h6-9,11,22H,5,17H2,1-4H3/t11?,16-/m0/s1. The molecular weight excluding hydrogens is 312 g/mol. The molecule has 0 bridgehead atoms. The van der Waals surface area contributed by atoms with Crippen LogP contribution in [0.15, 0.2) is 28.9 Å². The quantitative estimate of drug-likeness (QED) is 0.624. The summed E-state index contributed by atoms with van der Waals surface area (Å²) in [5.74, 6) is -1.73. The van der Waals surface area contributed by atoms with Gasteiger partial charge in [0.05, 0.1) is 0 Å². The Bertz CT molecular complexity index is 692. The molecule has 0 saturated heterocycles. The summed E-state index contributed by atoms with van der Waals surface area (Å²) < 4.78 is 10.8. The van der Waals surface area contributed by atoms with E-state index in [-0.39, 0.29) is 18.2 Å². The third-order valence-corrected chi connectivity index (χ3v) is 3.33.